The van der Waals surface area contributed by atoms with Crippen molar-refractivity contribution in [1.29, 1.82) is 0 Å². The van der Waals surface area contributed by atoms with E-state index in [0.29, 0.717) is 25.1 Å². The van der Waals surface area contributed by atoms with Gasteiger partial charge in [0.25, 0.3) is 11.5 Å². The number of nitrogens with zero attached hydrogens (tertiary/aromatic N) is 3. The van der Waals surface area contributed by atoms with Crippen LogP contribution in [0.1, 0.15) is 21.6 Å². The maximum Gasteiger partial charge on any atom is 0.332 e. The van der Waals surface area contributed by atoms with Gasteiger partial charge >= 0.3 is 5.69 Å². The summed E-state index contributed by atoms with van der Waals surface area (Å²) in [5.74, 6) is -1.07. The highest BCUT2D eigenvalue weighted by Crippen LogP contribution is 2.25. The van der Waals surface area contributed by atoms with E-state index in [0.717, 1.165) is 10.1 Å². The van der Waals surface area contributed by atoms with Gasteiger partial charge in [-0.3, -0.25) is 18.7 Å². The summed E-state index contributed by atoms with van der Waals surface area (Å²) in [5.41, 5.74) is 0.576. The van der Waals surface area contributed by atoms with Gasteiger partial charge in [-0.05, 0) is 42.3 Å². The van der Waals surface area contributed by atoms with Gasteiger partial charge in [-0.2, -0.15) is 0 Å². The lowest BCUT2D eigenvalue weighted by atomic mass is 9.99. The number of hydrogen-bond acceptors (Lipinski definition) is 5. The largest absolute Gasteiger partial charge is 0.332 e. The maximum atomic E-state index is 14.7. The minimum atomic E-state index is -0.622. The third-order valence-corrected chi connectivity index (χ3v) is 4.99. The average molecular weight is 383 g/mol. The van der Waals surface area contributed by atoms with Gasteiger partial charge in [0, 0.05) is 20.6 Å². The van der Waals surface area contributed by atoms with Crippen LogP contribution < -0.4 is 21.9 Å². The van der Waals surface area contributed by atoms with Gasteiger partial charge in [-0.25, -0.2) is 14.2 Å². The monoisotopic (exact) mass is 383 g/mol. The van der Waals surface area contributed by atoms with Gasteiger partial charge in [0.2, 0.25) is 0 Å². The first-order valence-electron chi connectivity index (χ1n) is 8.77. The minimum Gasteiger partial charge on any atom is -0.318 e. The highest BCUT2D eigenvalue weighted by atomic mass is 19.1. The molecule has 0 radical (unpaired) electrons. The molecule has 0 spiro atoms. The Kier molecular flexibility index (Phi) is 4.31. The lowest BCUT2D eigenvalue weighted by molar-refractivity contribution is 0.102. The first-order chi connectivity index (χ1) is 13.4. The first kappa shape index (κ1) is 18.1. The van der Waals surface area contributed by atoms with Crippen LogP contribution in [-0.4, -0.2) is 26.6 Å². The van der Waals surface area contributed by atoms with Crippen LogP contribution in [-0.2, 0) is 27.1 Å². The van der Waals surface area contributed by atoms with E-state index < -0.39 is 23.0 Å². The number of halogens is 1. The van der Waals surface area contributed by atoms with Crippen LogP contribution in [0.15, 0.2) is 33.9 Å². The van der Waals surface area contributed by atoms with E-state index in [-0.39, 0.29) is 22.4 Å². The van der Waals surface area contributed by atoms with E-state index in [1.807, 2.05) is 0 Å². The van der Waals surface area contributed by atoms with Crippen molar-refractivity contribution in [3.05, 3.63) is 67.7 Å². The smallest absolute Gasteiger partial charge is 0.318 e. The molecule has 0 atom stereocenters. The number of carbonyl (C=O) groups excluding carboxylic acids is 1. The van der Waals surface area contributed by atoms with Crippen molar-refractivity contribution in [1.82, 2.24) is 19.4 Å². The summed E-state index contributed by atoms with van der Waals surface area (Å²) in [5, 5.41) is 5.92. The predicted molar refractivity (Wildman–Crippen MR) is 102 cm³/mol. The molecule has 9 heteroatoms. The number of aromatic nitrogens is 3. The molecule has 2 N–H and O–H groups in total. The zero-order chi connectivity index (χ0) is 20.0. The number of anilines is 1. The highest BCUT2D eigenvalue weighted by molar-refractivity contribution is 6.04. The molecule has 28 heavy (non-hydrogen) atoms. The van der Waals surface area contributed by atoms with Crippen molar-refractivity contribution in [2.45, 2.75) is 13.0 Å². The molecule has 0 aliphatic carbocycles. The Hall–Kier alpha value is -3.33. The van der Waals surface area contributed by atoms with Crippen molar-refractivity contribution >= 4 is 22.6 Å². The fourth-order valence-corrected chi connectivity index (χ4v) is 3.40. The first-order valence-corrected chi connectivity index (χ1v) is 8.77. The summed E-state index contributed by atoms with van der Waals surface area (Å²) < 4.78 is 16.9. The molecule has 144 valence electrons. The molecule has 0 unspecified atom stereocenters. The van der Waals surface area contributed by atoms with Crippen LogP contribution >= 0.6 is 0 Å². The van der Waals surface area contributed by atoms with Crippen LogP contribution in [0.2, 0.25) is 0 Å². The molecule has 0 fully saturated rings. The molecule has 1 aromatic carbocycles. The Morgan fingerprint density at radius 2 is 1.96 bits per heavy atom. The van der Waals surface area contributed by atoms with E-state index in [2.05, 4.69) is 15.6 Å². The van der Waals surface area contributed by atoms with Gasteiger partial charge in [-0.1, -0.05) is 6.07 Å². The molecule has 1 aliphatic rings. The number of rotatable bonds is 2. The van der Waals surface area contributed by atoms with Crippen LogP contribution in [0, 0.1) is 5.82 Å². The lowest BCUT2D eigenvalue weighted by Crippen LogP contribution is -2.37. The van der Waals surface area contributed by atoms with Crippen molar-refractivity contribution in [2.75, 3.05) is 11.9 Å². The maximum absolute atomic E-state index is 14.7. The number of nitrogens with one attached hydrogen (secondary N) is 2. The quantitative estimate of drug-likeness (QED) is 0.678. The summed E-state index contributed by atoms with van der Waals surface area (Å²) in [6.07, 6.45) is 0.546. The topological polar surface area (TPSA) is 98.0 Å². The molecule has 0 bridgehead atoms. The summed E-state index contributed by atoms with van der Waals surface area (Å²) >= 11 is 0. The molecule has 0 saturated heterocycles. The van der Waals surface area contributed by atoms with Crippen molar-refractivity contribution in [3.63, 3.8) is 0 Å². The molecule has 4 rings (SSSR count). The van der Waals surface area contributed by atoms with Crippen LogP contribution in [0.25, 0.3) is 11.0 Å². The molecule has 0 saturated carbocycles. The molecular weight excluding hydrogens is 365 g/mol. The Morgan fingerprint density at radius 3 is 2.75 bits per heavy atom. The highest BCUT2D eigenvalue weighted by Gasteiger charge is 2.19. The molecular formula is C19H18FN5O3. The summed E-state index contributed by atoms with van der Waals surface area (Å²) in [6, 6.07) is 6.12. The van der Waals surface area contributed by atoms with Crippen LogP contribution in [0.3, 0.4) is 0 Å². The van der Waals surface area contributed by atoms with E-state index in [9.17, 15) is 18.8 Å². The number of fused-ring (bicyclic) bond motifs is 2. The van der Waals surface area contributed by atoms with Gasteiger partial charge in [0.15, 0.2) is 0 Å². The van der Waals surface area contributed by atoms with E-state index in [4.69, 9.17) is 0 Å². The van der Waals surface area contributed by atoms with E-state index in [1.165, 1.54) is 36.9 Å². The number of pyridine rings is 1. The predicted octanol–water partition coefficient (Wildman–Crippen LogP) is 0.669. The standard InChI is InChI=1S/C19H18FN5O3/c1-24-16-12(18(27)25(2)19(24)28)4-6-14(22-16)17(26)23-13-5-3-10-9-21-8-7-11(10)15(13)20/h3-6,21H,7-9H2,1-2H3,(H,23,26). The van der Waals surface area contributed by atoms with Gasteiger partial charge in [0.05, 0.1) is 11.1 Å². The Balaban J connectivity index is 1.72. The summed E-state index contributed by atoms with van der Waals surface area (Å²) in [4.78, 5) is 41.1. The summed E-state index contributed by atoms with van der Waals surface area (Å²) in [7, 11) is 2.84. The van der Waals surface area contributed by atoms with Crippen LogP contribution in [0.4, 0.5) is 10.1 Å². The SMILES string of the molecule is Cn1c(=O)c2ccc(C(=O)Nc3ccc4c(c3F)CCNC4)nc2n(C)c1=O. The molecule has 3 aromatic rings. The lowest BCUT2D eigenvalue weighted by Gasteiger charge is -2.19. The molecule has 2 aromatic heterocycles. The third-order valence-electron chi connectivity index (χ3n) is 4.99. The fraction of sp³-hybridized carbons (Fsp3) is 0.263. The Morgan fingerprint density at radius 1 is 1.18 bits per heavy atom. The van der Waals surface area contributed by atoms with Gasteiger partial charge < -0.3 is 10.6 Å². The molecule has 8 nitrogen and oxygen atoms in total. The van der Waals surface area contributed by atoms with Crippen molar-refractivity contribution < 1.29 is 9.18 Å². The van der Waals surface area contributed by atoms with Gasteiger partial charge in [-0.15, -0.1) is 0 Å². The second kappa shape index (κ2) is 6.68. The zero-order valence-electron chi connectivity index (χ0n) is 15.4. The number of amides is 1. The second-order valence-electron chi connectivity index (χ2n) is 6.72. The van der Waals surface area contributed by atoms with Crippen molar-refractivity contribution in [2.24, 2.45) is 14.1 Å². The number of benzene rings is 1. The number of aryl methyl sites for hydroxylation is 1. The zero-order valence-corrected chi connectivity index (χ0v) is 15.4. The van der Waals surface area contributed by atoms with E-state index >= 15 is 0 Å². The average Bonchev–Trinajstić information content (AvgIpc) is 2.72. The number of carbonyl (C=O) groups is 1. The Bertz CT molecular complexity index is 1250. The second-order valence-corrected chi connectivity index (χ2v) is 6.72. The van der Waals surface area contributed by atoms with E-state index in [1.54, 1.807) is 6.07 Å². The molecule has 1 amide bonds. The van der Waals surface area contributed by atoms with Crippen molar-refractivity contribution in [3.8, 4) is 0 Å². The number of hydrogen-bond donors (Lipinski definition) is 2. The Labute approximate surface area is 158 Å². The normalized spacial score (nSPS) is 13.4. The minimum absolute atomic E-state index is 0.0189. The third kappa shape index (κ3) is 2.80. The molecule has 1 aliphatic heterocycles. The summed E-state index contributed by atoms with van der Waals surface area (Å²) in [6.45, 7) is 1.27. The fourth-order valence-electron chi connectivity index (χ4n) is 3.40. The molecule has 3 heterocycles. The van der Waals surface area contributed by atoms with Gasteiger partial charge in [0.1, 0.15) is 17.2 Å². The van der Waals surface area contributed by atoms with Crippen LogP contribution in [0.5, 0.6) is 0 Å².